The standard InChI is InChI=1S/C27H32N6O3S/c1-4-20-7-5-6-8-23(20)33-18(2)15-22(30-33)25-19(3)29-27-32(26(25)35)21(17-37-27)16-24(34)28-9-10-31-11-13-36-14-12-31/h5-8,15,17H,4,9-14,16H2,1-3H3,(H,28,34). The number of nitrogens with zero attached hydrogens (tertiary/aromatic N) is 5. The van der Waals surface area contributed by atoms with Gasteiger partial charge in [0.1, 0.15) is 5.69 Å². The van der Waals surface area contributed by atoms with Crippen molar-refractivity contribution in [1.82, 2.24) is 29.4 Å². The second-order valence-corrected chi connectivity index (χ2v) is 10.1. The highest BCUT2D eigenvalue weighted by molar-refractivity contribution is 7.15. The summed E-state index contributed by atoms with van der Waals surface area (Å²) in [6, 6.07) is 10.1. The number of hydrogen-bond acceptors (Lipinski definition) is 7. The van der Waals surface area contributed by atoms with E-state index >= 15 is 0 Å². The van der Waals surface area contributed by atoms with Gasteiger partial charge in [0, 0.05) is 42.9 Å². The molecule has 10 heteroatoms. The quantitative estimate of drug-likeness (QED) is 0.384. The number of carbonyl (C=O) groups excluding carboxylic acids is 1. The molecule has 0 saturated carbocycles. The lowest BCUT2D eigenvalue weighted by Crippen LogP contribution is -2.41. The van der Waals surface area contributed by atoms with Crippen LogP contribution >= 0.6 is 11.3 Å². The Labute approximate surface area is 219 Å². The van der Waals surface area contributed by atoms with Crippen LogP contribution in [-0.2, 0) is 22.4 Å². The van der Waals surface area contributed by atoms with Gasteiger partial charge in [-0.15, -0.1) is 11.3 Å². The SMILES string of the molecule is CCc1ccccc1-n1nc(-c2c(C)nc3scc(CC(=O)NCCN4CCOCC4)n3c2=O)cc1C. The third-order valence-corrected chi connectivity index (χ3v) is 7.64. The molecule has 0 aliphatic carbocycles. The number of amides is 1. The van der Waals surface area contributed by atoms with E-state index in [9.17, 15) is 9.59 Å². The number of thiazole rings is 1. The van der Waals surface area contributed by atoms with Crippen LogP contribution < -0.4 is 10.9 Å². The molecule has 4 aromatic rings. The minimum absolute atomic E-state index is 0.113. The zero-order chi connectivity index (χ0) is 25.9. The molecule has 1 aliphatic heterocycles. The van der Waals surface area contributed by atoms with Gasteiger partial charge in [0.05, 0.1) is 36.6 Å². The van der Waals surface area contributed by atoms with Gasteiger partial charge in [-0.2, -0.15) is 5.10 Å². The van der Waals surface area contributed by atoms with Crippen LogP contribution in [0.15, 0.2) is 40.5 Å². The molecular formula is C27H32N6O3S. The van der Waals surface area contributed by atoms with Crippen LogP contribution in [0.25, 0.3) is 21.9 Å². The van der Waals surface area contributed by atoms with Gasteiger partial charge in [0.25, 0.3) is 5.56 Å². The van der Waals surface area contributed by atoms with Crippen LogP contribution in [0.5, 0.6) is 0 Å². The Morgan fingerprint density at radius 3 is 2.76 bits per heavy atom. The van der Waals surface area contributed by atoms with E-state index < -0.39 is 0 Å². The number of aryl methyl sites for hydroxylation is 3. The number of rotatable bonds is 8. The Hall–Kier alpha value is -3.34. The third kappa shape index (κ3) is 5.22. The zero-order valence-electron chi connectivity index (χ0n) is 21.5. The summed E-state index contributed by atoms with van der Waals surface area (Å²) in [7, 11) is 0. The molecule has 1 aliphatic rings. The van der Waals surface area contributed by atoms with E-state index in [0.717, 1.165) is 50.7 Å². The molecule has 0 radical (unpaired) electrons. The average Bonchev–Trinajstić information content (AvgIpc) is 3.47. The lowest BCUT2D eigenvalue weighted by Gasteiger charge is -2.26. The molecule has 1 saturated heterocycles. The number of benzene rings is 1. The number of morpholine rings is 1. The molecule has 3 aromatic heterocycles. The third-order valence-electron chi connectivity index (χ3n) is 6.76. The molecule has 1 N–H and O–H groups in total. The molecular weight excluding hydrogens is 488 g/mol. The minimum atomic E-state index is -0.201. The van der Waals surface area contributed by atoms with E-state index in [1.54, 1.807) is 4.40 Å². The highest BCUT2D eigenvalue weighted by Crippen LogP contribution is 2.24. The first-order valence-corrected chi connectivity index (χ1v) is 13.6. The molecule has 0 unspecified atom stereocenters. The predicted molar refractivity (Wildman–Crippen MR) is 145 cm³/mol. The molecule has 1 amide bonds. The van der Waals surface area contributed by atoms with Crippen molar-refractivity contribution < 1.29 is 9.53 Å². The monoisotopic (exact) mass is 520 g/mol. The van der Waals surface area contributed by atoms with Gasteiger partial charge in [-0.3, -0.25) is 18.9 Å². The molecule has 5 rings (SSSR count). The van der Waals surface area contributed by atoms with E-state index in [1.807, 2.05) is 48.2 Å². The fourth-order valence-electron chi connectivity index (χ4n) is 4.79. The van der Waals surface area contributed by atoms with Gasteiger partial charge in [-0.05, 0) is 38.0 Å². The maximum Gasteiger partial charge on any atom is 0.268 e. The van der Waals surface area contributed by atoms with Gasteiger partial charge in [0.2, 0.25) is 5.91 Å². The van der Waals surface area contributed by atoms with Crippen molar-refractivity contribution in [1.29, 1.82) is 0 Å². The number of fused-ring (bicyclic) bond motifs is 1. The van der Waals surface area contributed by atoms with Crippen molar-refractivity contribution in [2.75, 3.05) is 39.4 Å². The fourth-order valence-corrected chi connectivity index (χ4v) is 5.71. The van der Waals surface area contributed by atoms with Gasteiger partial charge < -0.3 is 10.1 Å². The molecule has 194 valence electrons. The van der Waals surface area contributed by atoms with Crippen LogP contribution in [0.4, 0.5) is 0 Å². The second kappa shape index (κ2) is 11.0. The molecule has 0 atom stereocenters. The van der Waals surface area contributed by atoms with Crippen LogP contribution in [-0.4, -0.2) is 69.4 Å². The highest BCUT2D eigenvalue weighted by Gasteiger charge is 2.20. The number of carbonyl (C=O) groups is 1. The summed E-state index contributed by atoms with van der Waals surface area (Å²) in [6.45, 7) is 10.5. The maximum absolute atomic E-state index is 13.7. The molecule has 37 heavy (non-hydrogen) atoms. The van der Waals surface area contributed by atoms with E-state index in [4.69, 9.17) is 14.8 Å². The molecule has 1 fully saturated rings. The molecule has 0 bridgehead atoms. The van der Waals surface area contributed by atoms with Crippen molar-refractivity contribution in [3.05, 3.63) is 68.7 Å². The largest absolute Gasteiger partial charge is 0.379 e. The van der Waals surface area contributed by atoms with Crippen molar-refractivity contribution >= 4 is 22.2 Å². The Morgan fingerprint density at radius 1 is 1.19 bits per heavy atom. The van der Waals surface area contributed by atoms with Crippen molar-refractivity contribution in [3.63, 3.8) is 0 Å². The van der Waals surface area contributed by atoms with Crippen LogP contribution in [0.1, 0.15) is 29.6 Å². The van der Waals surface area contributed by atoms with E-state index in [0.29, 0.717) is 34.2 Å². The van der Waals surface area contributed by atoms with Gasteiger partial charge in [-0.1, -0.05) is 25.1 Å². The number of para-hydroxylation sites is 1. The first kappa shape index (κ1) is 25.3. The smallest absolute Gasteiger partial charge is 0.268 e. The summed E-state index contributed by atoms with van der Waals surface area (Å²) in [4.78, 5) is 34.0. The predicted octanol–water partition coefficient (Wildman–Crippen LogP) is 2.78. The van der Waals surface area contributed by atoms with Crippen LogP contribution in [0, 0.1) is 13.8 Å². The lowest BCUT2D eigenvalue weighted by molar-refractivity contribution is -0.120. The summed E-state index contributed by atoms with van der Waals surface area (Å²) < 4.78 is 8.81. The van der Waals surface area contributed by atoms with Crippen molar-refractivity contribution in [3.8, 4) is 16.9 Å². The zero-order valence-corrected chi connectivity index (χ0v) is 22.3. The summed E-state index contributed by atoms with van der Waals surface area (Å²) in [5.41, 5.74) is 5.23. The first-order valence-electron chi connectivity index (χ1n) is 12.7. The number of ether oxygens (including phenoxy) is 1. The second-order valence-electron chi connectivity index (χ2n) is 9.27. The van der Waals surface area contributed by atoms with Gasteiger partial charge in [0.15, 0.2) is 4.96 Å². The van der Waals surface area contributed by atoms with Crippen molar-refractivity contribution in [2.24, 2.45) is 0 Å². The molecule has 4 heterocycles. The van der Waals surface area contributed by atoms with E-state index in [2.05, 4.69) is 23.2 Å². The van der Waals surface area contributed by atoms with E-state index in [1.165, 1.54) is 16.9 Å². The number of nitrogens with one attached hydrogen (secondary N) is 1. The fraction of sp³-hybridized carbons (Fsp3) is 0.407. The Kier molecular flexibility index (Phi) is 7.50. The Bertz CT molecular complexity index is 1480. The first-order chi connectivity index (χ1) is 18.0. The van der Waals surface area contributed by atoms with Crippen LogP contribution in [0.3, 0.4) is 0 Å². The topological polar surface area (TPSA) is 93.8 Å². The van der Waals surface area contributed by atoms with Crippen LogP contribution in [0.2, 0.25) is 0 Å². The van der Waals surface area contributed by atoms with E-state index in [-0.39, 0.29) is 17.9 Å². The van der Waals surface area contributed by atoms with Gasteiger partial charge >= 0.3 is 0 Å². The Balaban J connectivity index is 1.41. The van der Waals surface area contributed by atoms with Crippen molar-refractivity contribution in [2.45, 2.75) is 33.6 Å². The Morgan fingerprint density at radius 2 is 1.97 bits per heavy atom. The summed E-state index contributed by atoms with van der Waals surface area (Å²) in [5, 5.41) is 9.65. The number of aromatic nitrogens is 4. The molecule has 9 nitrogen and oxygen atoms in total. The molecule has 0 spiro atoms. The minimum Gasteiger partial charge on any atom is -0.379 e. The maximum atomic E-state index is 13.7. The summed E-state index contributed by atoms with van der Waals surface area (Å²) in [5.74, 6) is -0.113. The number of hydrogen-bond donors (Lipinski definition) is 1. The highest BCUT2D eigenvalue weighted by atomic mass is 32.1. The lowest BCUT2D eigenvalue weighted by atomic mass is 10.1. The normalized spacial score (nSPS) is 14.4. The summed E-state index contributed by atoms with van der Waals surface area (Å²) in [6.07, 6.45) is 0.997. The van der Waals surface area contributed by atoms with Gasteiger partial charge in [-0.25, -0.2) is 9.67 Å². The molecule has 1 aromatic carbocycles. The summed E-state index contributed by atoms with van der Waals surface area (Å²) >= 11 is 1.37. The average molecular weight is 521 g/mol.